The van der Waals surface area contributed by atoms with Crippen LogP contribution in [0.1, 0.15) is 23.7 Å². The largest absolute Gasteiger partial charge is 0.406 e. The summed E-state index contributed by atoms with van der Waals surface area (Å²) in [6.07, 6.45) is 5.00. The third-order valence-corrected chi connectivity index (χ3v) is 6.40. The Morgan fingerprint density at radius 1 is 1.05 bits per heavy atom. The number of hydrogen-bond acceptors (Lipinski definition) is 8. The number of H-pyrrole nitrogens is 1. The van der Waals surface area contributed by atoms with Crippen LogP contribution in [0.3, 0.4) is 0 Å². The van der Waals surface area contributed by atoms with Gasteiger partial charge in [0.1, 0.15) is 12.4 Å². The van der Waals surface area contributed by atoms with Crippen LogP contribution in [0, 0.1) is 0 Å². The Labute approximate surface area is 225 Å². The molecule has 0 amide bonds. The second-order valence-electron chi connectivity index (χ2n) is 8.97. The van der Waals surface area contributed by atoms with Gasteiger partial charge in [0.15, 0.2) is 5.78 Å². The summed E-state index contributed by atoms with van der Waals surface area (Å²) in [5.74, 6) is 0.747. The van der Waals surface area contributed by atoms with Crippen molar-refractivity contribution < 1.29 is 18.0 Å². The fourth-order valence-electron chi connectivity index (χ4n) is 4.35. The van der Waals surface area contributed by atoms with Crippen molar-refractivity contribution in [2.24, 2.45) is 4.99 Å². The smallest absolute Gasteiger partial charge is 0.359 e. The number of aromatic amines is 1. The van der Waals surface area contributed by atoms with Gasteiger partial charge in [0.25, 0.3) is 5.56 Å². The highest BCUT2D eigenvalue weighted by atomic mass is 19.4. The van der Waals surface area contributed by atoms with Gasteiger partial charge in [-0.3, -0.25) is 34.2 Å². The van der Waals surface area contributed by atoms with Crippen LogP contribution in [-0.4, -0.2) is 61.5 Å². The van der Waals surface area contributed by atoms with Gasteiger partial charge < -0.3 is 4.90 Å². The minimum Gasteiger partial charge on any atom is -0.359 e. The van der Waals surface area contributed by atoms with Crippen molar-refractivity contribution in [3.05, 3.63) is 71.2 Å². The standard InChI is InChI=1S/C19H17F3N6O.C8H6N2O/c1-3-27(2)17-11(5-4-6-23-17)14-7-15-12(8-24-14)16-13(9-25-26-16)18(29)28(15)10-19(20,21)22;11-8-2-4-10-7-1-3-9-5-6(7)8/h4-9H,3,10H2,1-2H3,(H,25,26);1,3-5H,2H2. The maximum Gasteiger partial charge on any atom is 0.406 e. The molecule has 5 aromatic rings. The second-order valence-corrected chi connectivity index (χ2v) is 8.97. The Morgan fingerprint density at radius 2 is 1.88 bits per heavy atom. The highest BCUT2D eigenvalue weighted by Gasteiger charge is 2.30. The normalized spacial score (nSPS) is 12.8. The minimum atomic E-state index is -4.56. The number of nitrogens with one attached hydrogen (secondary N) is 1. The first-order valence-electron chi connectivity index (χ1n) is 12.3. The average Bonchev–Trinajstić information content (AvgIpc) is 3.45. The Bertz CT molecular complexity index is 1810. The number of alkyl halides is 3. The van der Waals surface area contributed by atoms with Crippen molar-refractivity contribution in [2.75, 3.05) is 18.5 Å². The zero-order valence-electron chi connectivity index (χ0n) is 21.5. The molecular formula is C27H23F3N8O2. The Kier molecular flexibility index (Phi) is 7.11. The summed E-state index contributed by atoms with van der Waals surface area (Å²) in [5, 5.41) is 6.98. The molecule has 0 radical (unpaired) electrons. The number of anilines is 1. The number of halogens is 3. The van der Waals surface area contributed by atoms with Gasteiger partial charge in [0.05, 0.1) is 39.6 Å². The van der Waals surface area contributed by atoms with Gasteiger partial charge in [0.2, 0.25) is 0 Å². The van der Waals surface area contributed by atoms with Crippen molar-refractivity contribution >= 4 is 45.3 Å². The number of nitrogens with zero attached hydrogens (tertiary/aromatic N) is 7. The van der Waals surface area contributed by atoms with E-state index in [4.69, 9.17) is 0 Å². The van der Waals surface area contributed by atoms with Gasteiger partial charge >= 0.3 is 6.18 Å². The second kappa shape index (κ2) is 10.7. The SMILES string of the molecule is CCN(C)c1ncccc1-c1cc2c(cn1)c1[nH]ncc1c(=O)n2CC(F)(F)F.O=C1CC=Nc2ccncc21. The molecule has 0 saturated heterocycles. The van der Waals surface area contributed by atoms with Gasteiger partial charge in [-0.05, 0) is 31.2 Å². The Morgan fingerprint density at radius 3 is 2.62 bits per heavy atom. The number of pyridine rings is 4. The third-order valence-electron chi connectivity index (χ3n) is 6.40. The maximum atomic E-state index is 13.2. The van der Waals surface area contributed by atoms with Gasteiger partial charge in [-0.25, -0.2) is 4.98 Å². The molecule has 1 N–H and O–H groups in total. The zero-order valence-corrected chi connectivity index (χ0v) is 21.5. The molecule has 0 fully saturated rings. The summed E-state index contributed by atoms with van der Waals surface area (Å²) < 4.78 is 40.3. The van der Waals surface area contributed by atoms with E-state index in [9.17, 15) is 22.8 Å². The molecule has 0 saturated carbocycles. The van der Waals surface area contributed by atoms with Crippen molar-refractivity contribution in [2.45, 2.75) is 26.1 Å². The summed E-state index contributed by atoms with van der Waals surface area (Å²) in [7, 11) is 1.86. The molecule has 0 spiro atoms. The number of ketones is 1. The third kappa shape index (κ3) is 5.17. The van der Waals surface area contributed by atoms with Crippen LogP contribution >= 0.6 is 0 Å². The number of hydrogen-bond donors (Lipinski definition) is 1. The molecule has 13 heteroatoms. The van der Waals surface area contributed by atoms with Gasteiger partial charge in [-0.1, -0.05) is 0 Å². The molecule has 6 rings (SSSR count). The van der Waals surface area contributed by atoms with Crippen LogP contribution in [0.5, 0.6) is 0 Å². The number of carbonyl (C=O) groups excluding carboxylic acids is 1. The van der Waals surface area contributed by atoms with E-state index in [1.54, 1.807) is 43.0 Å². The van der Waals surface area contributed by atoms with E-state index in [1.165, 1.54) is 18.5 Å². The molecule has 0 atom stereocenters. The minimum absolute atomic E-state index is 0.0871. The highest BCUT2D eigenvalue weighted by molar-refractivity contribution is 6.09. The molecule has 6 heterocycles. The lowest BCUT2D eigenvalue weighted by Gasteiger charge is -2.19. The van der Waals surface area contributed by atoms with Crippen LogP contribution < -0.4 is 10.5 Å². The van der Waals surface area contributed by atoms with Crippen LogP contribution in [-0.2, 0) is 6.54 Å². The lowest BCUT2D eigenvalue weighted by molar-refractivity contribution is -0.140. The summed E-state index contributed by atoms with van der Waals surface area (Å²) in [4.78, 5) is 42.5. The number of carbonyl (C=O) groups is 1. The number of rotatable bonds is 4. The molecule has 1 aliphatic heterocycles. The van der Waals surface area contributed by atoms with Crippen LogP contribution in [0.15, 0.2) is 65.0 Å². The average molecular weight is 549 g/mol. The summed E-state index contributed by atoms with van der Waals surface area (Å²) >= 11 is 0. The van der Waals surface area contributed by atoms with Crippen LogP contribution in [0.4, 0.5) is 24.7 Å². The fourth-order valence-corrected chi connectivity index (χ4v) is 4.35. The van der Waals surface area contributed by atoms with Crippen molar-refractivity contribution in [1.29, 1.82) is 0 Å². The van der Waals surface area contributed by atoms with Crippen molar-refractivity contribution in [1.82, 2.24) is 29.7 Å². The van der Waals surface area contributed by atoms with Gasteiger partial charge in [-0.15, -0.1) is 0 Å². The summed E-state index contributed by atoms with van der Waals surface area (Å²) in [6.45, 7) is 1.25. The molecule has 0 unspecified atom stereocenters. The molecular weight excluding hydrogens is 525 g/mol. The first kappa shape index (κ1) is 26.7. The number of fused-ring (bicyclic) bond motifs is 4. The quantitative estimate of drug-likeness (QED) is 0.345. The van der Waals surface area contributed by atoms with Gasteiger partial charge in [0, 0.05) is 62.0 Å². The van der Waals surface area contributed by atoms with Crippen molar-refractivity contribution in [3.63, 3.8) is 0 Å². The molecule has 204 valence electrons. The molecule has 0 aromatic carbocycles. The number of Topliss-reactive ketones (excluding diaryl/α,β-unsaturated/α-hetero) is 1. The van der Waals surface area contributed by atoms with E-state index < -0.39 is 18.3 Å². The number of aromatic nitrogens is 6. The predicted molar refractivity (Wildman–Crippen MR) is 145 cm³/mol. The number of aliphatic imine (C=N–C) groups is 1. The van der Waals surface area contributed by atoms with E-state index in [0.717, 1.165) is 10.3 Å². The fraction of sp³-hybridized carbons (Fsp3) is 0.222. The Hall–Kier alpha value is -4.94. The molecule has 10 nitrogen and oxygen atoms in total. The highest BCUT2D eigenvalue weighted by Crippen LogP contribution is 2.31. The zero-order chi connectivity index (χ0) is 28.4. The Balaban J connectivity index is 0.000000244. The molecule has 1 aliphatic rings. The van der Waals surface area contributed by atoms with E-state index in [1.807, 2.05) is 18.9 Å². The van der Waals surface area contributed by atoms with E-state index >= 15 is 0 Å². The molecule has 0 bridgehead atoms. The lowest BCUT2D eigenvalue weighted by Crippen LogP contribution is -2.28. The summed E-state index contributed by atoms with van der Waals surface area (Å²) in [6, 6.07) is 6.76. The van der Waals surface area contributed by atoms with Crippen LogP contribution in [0.25, 0.3) is 33.1 Å². The molecule has 5 aromatic heterocycles. The first-order chi connectivity index (χ1) is 19.2. The maximum absolute atomic E-state index is 13.2. The topological polar surface area (TPSA) is 122 Å². The van der Waals surface area contributed by atoms with E-state index in [0.29, 0.717) is 46.5 Å². The monoisotopic (exact) mass is 548 g/mol. The molecule has 0 aliphatic carbocycles. The lowest BCUT2D eigenvalue weighted by atomic mass is 10.1. The predicted octanol–water partition coefficient (Wildman–Crippen LogP) is 4.72. The van der Waals surface area contributed by atoms with Gasteiger partial charge in [-0.2, -0.15) is 18.3 Å². The van der Waals surface area contributed by atoms with Crippen molar-refractivity contribution in [3.8, 4) is 11.3 Å². The first-order valence-corrected chi connectivity index (χ1v) is 12.3. The summed E-state index contributed by atoms with van der Waals surface area (Å²) in [5.41, 5.74) is 2.19. The van der Waals surface area contributed by atoms with E-state index in [2.05, 4.69) is 30.1 Å². The van der Waals surface area contributed by atoms with Crippen LogP contribution in [0.2, 0.25) is 0 Å². The van der Waals surface area contributed by atoms with E-state index in [-0.39, 0.29) is 16.7 Å². The molecule has 40 heavy (non-hydrogen) atoms.